The Balaban J connectivity index is 2.01. The molecule has 0 saturated heterocycles. The van der Waals surface area contributed by atoms with Crippen LogP contribution in [0, 0.1) is 0 Å². The minimum absolute atomic E-state index is 0.0682. The summed E-state index contributed by atoms with van der Waals surface area (Å²) in [6.07, 6.45) is 4.61. The van der Waals surface area contributed by atoms with Crippen molar-refractivity contribution in [1.29, 1.82) is 0 Å². The van der Waals surface area contributed by atoms with Gasteiger partial charge in [0.25, 0.3) is 0 Å². The normalized spacial score (nSPS) is 17.8. The average Bonchev–Trinajstić information content (AvgIpc) is 2.83. The summed E-state index contributed by atoms with van der Waals surface area (Å²) < 4.78 is 66.0. The highest BCUT2D eigenvalue weighted by Crippen LogP contribution is 2.45. The molecule has 0 unspecified atom stereocenters. The van der Waals surface area contributed by atoms with Crippen molar-refractivity contribution in [2.24, 2.45) is 0 Å². The lowest BCUT2D eigenvalue weighted by Crippen LogP contribution is -2.41. The lowest BCUT2D eigenvalue weighted by molar-refractivity contribution is -0.0437. The molecular formula is C21H20F3NO2S. The van der Waals surface area contributed by atoms with Crippen LogP contribution < -0.4 is 4.31 Å². The maximum absolute atomic E-state index is 13.5. The van der Waals surface area contributed by atoms with Gasteiger partial charge in [0.1, 0.15) is 0 Å². The highest BCUT2D eigenvalue weighted by Gasteiger charge is 2.51. The van der Waals surface area contributed by atoms with E-state index in [1.165, 1.54) is 6.07 Å². The summed E-state index contributed by atoms with van der Waals surface area (Å²) in [4.78, 5) is 0. The number of para-hydroxylation sites is 1. The van der Waals surface area contributed by atoms with E-state index in [9.17, 15) is 21.6 Å². The maximum atomic E-state index is 13.5. The van der Waals surface area contributed by atoms with Crippen molar-refractivity contribution >= 4 is 21.3 Å². The predicted octanol–water partition coefficient (Wildman–Crippen LogP) is 5.74. The van der Waals surface area contributed by atoms with Gasteiger partial charge in [-0.05, 0) is 48.4 Å². The van der Waals surface area contributed by atoms with Crippen LogP contribution in [0.2, 0.25) is 0 Å². The number of hydrogen-bond donors (Lipinski definition) is 0. The Bertz CT molecular complexity index is 1030. The zero-order chi connectivity index (χ0) is 19.9. The van der Waals surface area contributed by atoms with Gasteiger partial charge >= 0.3 is 15.5 Å². The SMILES string of the molecule is O=S(=O)(N1CC(=C2CCCCC2)c2ccccc2-c2ccccc21)C(F)(F)F. The van der Waals surface area contributed by atoms with Gasteiger partial charge in [0.15, 0.2) is 0 Å². The minimum Gasteiger partial charge on any atom is -0.258 e. The molecule has 0 amide bonds. The smallest absolute Gasteiger partial charge is 0.258 e. The molecule has 1 heterocycles. The van der Waals surface area contributed by atoms with Crippen LogP contribution in [0.3, 0.4) is 0 Å². The molecule has 2 aromatic rings. The lowest BCUT2D eigenvalue weighted by Gasteiger charge is -2.27. The fraction of sp³-hybridized carbons (Fsp3) is 0.333. The molecule has 2 aromatic carbocycles. The van der Waals surface area contributed by atoms with Crippen LogP contribution >= 0.6 is 0 Å². The van der Waals surface area contributed by atoms with Gasteiger partial charge in [0.2, 0.25) is 0 Å². The number of allylic oxidation sites excluding steroid dienone is 1. The fourth-order valence-electron chi connectivity index (χ4n) is 4.14. The second-order valence-electron chi connectivity index (χ2n) is 7.16. The zero-order valence-electron chi connectivity index (χ0n) is 15.2. The Kier molecular flexibility index (Phi) is 4.73. The third-order valence-electron chi connectivity index (χ3n) is 5.48. The first kappa shape index (κ1) is 19.1. The zero-order valence-corrected chi connectivity index (χ0v) is 16.0. The quantitative estimate of drug-likeness (QED) is 0.604. The first-order valence-electron chi connectivity index (χ1n) is 9.29. The van der Waals surface area contributed by atoms with Gasteiger partial charge in [-0.15, -0.1) is 0 Å². The molecule has 0 aromatic heterocycles. The molecule has 7 heteroatoms. The maximum Gasteiger partial charge on any atom is 0.516 e. The Morgan fingerprint density at radius 3 is 2.00 bits per heavy atom. The van der Waals surface area contributed by atoms with Gasteiger partial charge in [-0.2, -0.15) is 21.6 Å². The van der Waals surface area contributed by atoms with E-state index in [2.05, 4.69) is 0 Å². The summed E-state index contributed by atoms with van der Waals surface area (Å²) >= 11 is 0. The van der Waals surface area contributed by atoms with E-state index in [1.54, 1.807) is 18.2 Å². The van der Waals surface area contributed by atoms with E-state index in [0.717, 1.165) is 48.8 Å². The second-order valence-corrected chi connectivity index (χ2v) is 9.02. The number of sulfonamides is 1. The Labute approximate surface area is 162 Å². The van der Waals surface area contributed by atoms with Gasteiger partial charge in [-0.3, -0.25) is 4.31 Å². The second kappa shape index (κ2) is 6.95. The minimum atomic E-state index is -5.53. The van der Waals surface area contributed by atoms with Gasteiger partial charge in [-0.1, -0.05) is 54.5 Å². The van der Waals surface area contributed by atoms with Crippen molar-refractivity contribution in [2.75, 3.05) is 10.8 Å². The topological polar surface area (TPSA) is 37.4 Å². The number of alkyl halides is 3. The first-order valence-corrected chi connectivity index (χ1v) is 10.7. The van der Waals surface area contributed by atoms with Crippen molar-refractivity contribution in [2.45, 2.75) is 37.6 Å². The third-order valence-corrected chi connectivity index (χ3v) is 6.97. The van der Waals surface area contributed by atoms with Gasteiger partial charge < -0.3 is 0 Å². The number of benzene rings is 2. The molecule has 1 aliphatic carbocycles. The summed E-state index contributed by atoms with van der Waals surface area (Å²) in [6.45, 7) is -0.300. The number of hydrogen-bond acceptors (Lipinski definition) is 2. The van der Waals surface area contributed by atoms with Crippen molar-refractivity contribution in [1.82, 2.24) is 0 Å². The van der Waals surface area contributed by atoms with Crippen LogP contribution in [0.15, 0.2) is 54.1 Å². The first-order chi connectivity index (χ1) is 13.3. The lowest BCUT2D eigenvalue weighted by atomic mass is 9.86. The summed E-state index contributed by atoms with van der Waals surface area (Å²) in [5, 5.41) is 0. The van der Waals surface area contributed by atoms with Crippen molar-refractivity contribution in [3.8, 4) is 11.1 Å². The van der Waals surface area contributed by atoms with E-state index < -0.39 is 15.5 Å². The summed E-state index contributed by atoms with van der Waals surface area (Å²) in [6, 6.07) is 13.8. The molecule has 3 nitrogen and oxygen atoms in total. The van der Waals surface area contributed by atoms with Gasteiger partial charge in [0, 0.05) is 5.56 Å². The molecule has 1 saturated carbocycles. The molecule has 0 N–H and O–H groups in total. The highest BCUT2D eigenvalue weighted by atomic mass is 32.2. The van der Waals surface area contributed by atoms with E-state index in [4.69, 9.17) is 0 Å². The Morgan fingerprint density at radius 1 is 0.786 bits per heavy atom. The van der Waals surface area contributed by atoms with Crippen molar-refractivity contribution in [3.63, 3.8) is 0 Å². The highest BCUT2D eigenvalue weighted by molar-refractivity contribution is 7.93. The monoisotopic (exact) mass is 407 g/mol. The molecule has 1 aliphatic heterocycles. The van der Waals surface area contributed by atoms with Crippen molar-refractivity contribution < 1.29 is 21.6 Å². The molecule has 2 aliphatic rings. The van der Waals surface area contributed by atoms with Gasteiger partial charge in [0.05, 0.1) is 12.2 Å². The standard InChI is InChI=1S/C21H20F3NO2S/c22-21(23,24)28(26,27)25-14-19(15-8-2-1-3-9-15)17-11-5-4-10-16(17)18-12-6-7-13-20(18)25/h4-7,10-13H,1-3,8-9,14H2. The fourth-order valence-corrected chi connectivity index (χ4v) is 5.10. The summed E-state index contributed by atoms with van der Waals surface area (Å²) in [5.74, 6) is 0. The molecular weight excluding hydrogens is 387 g/mol. The summed E-state index contributed by atoms with van der Waals surface area (Å²) in [7, 11) is -5.53. The molecule has 0 spiro atoms. The van der Waals surface area contributed by atoms with Crippen LogP contribution in [-0.4, -0.2) is 20.5 Å². The van der Waals surface area contributed by atoms with Crippen LogP contribution in [0.5, 0.6) is 0 Å². The number of halogens is 3. The Hall–Kier alpha value is -2.28. The van der Waals surface area contributed by atoms with E-state index in [-0.39, 0.29) is 12.2 Å². The van der Waals surface area contributed by atoms with Crippen LogP contribution in [0.25, 0.3) is 16.7 Å². The molecule has 1 fully saturated rings. The average molecular weight is 407 g/mol. The van der Waals surface area contributed by atoms with E-state index in [0.29, 0.717) is 15.4 Å². The number of nitrogens with zero attached hydrogens (tertiary/aromatic N) is 1. The molecule has 0 atom stereocenters. The third kappa shape index (κ3) is 3.11. The molecule has 148 valence electrons. The van der Waals surface area contributed by atoms with Crippen molar-refractivity contribution in [3.05, 3.63) is 59.7 Å². The summed E-state index contributed by atoms with van der Waals surface area (Å²) in [5.41, 5.74) is -1.43. The van der Waals surface area contributed by atoms with Crippen LogP contribution in [-0.2, 0) is 10.0 Å². The molecule has 4 rings (SSSR count). The Morgan fingerprint density at radius 2 is 1.36 bits per heavy atom. The van der Waals surface area contributed by atoms with E-state index in [1.807, 2.05) is 24.3 Å². The molecule has 28 heavy (non-hydrogen) atoms. The van der Waals surface area contributed by atoms with E-state index >= 15 is 0 Å². The number of fused-ring (bicyclic) bond motifs is 3. The number of anilines is 1. The molecule has 0 bridgehead atoms. The van der Waals surface area contributed by atoms with Gasteiger partial charge in [-0.25, -0.2) is 0 Å². The number of rotatable bonds is 1. The largest absolute Gasteiger partial charge is 0.516 e. The molecule has 0 radical (unpaired) electrons. The van der Waals surface area contributed by atoms with Crippen LogP contribution in [0.4, 0.5) is 18.9 Å². The predicted molar refractivity (Wildman–Crippen MR) is 104 cm³/mol. The van der Waals surface area contributed by atoms with Crippen LogP contribution in [0.1, 0.15) is 37.7 Å².